The van der Waals surface area contributed by atoms with Gasteiger partial charge >= 0.3 is 0 Å². The van der Waals surface area contributed by atoms with Gasteiger partial charge in [-0.25, -0.2) is 9.97 Å². The van der Waals surface area contributed by atoms with E-state index in [0.717, 1.165) is 19.0 Å². The molecular formula is C8H12N4O. The molecule has 2 heterocycles. The molecule has 1 aromatic heterocycles. The van der Waals surface area contributed by atoms with Gasteiger partial charge in [-0.15, -0.1) is 0 Å². The highest BCUT2D eigenvalue weighted by Crippen LogP contribution is 2.16. The molecule has 1 fully saturated rings. The molecule has 1 aliphatic rings. The number of nitrogens with two attached hydrogens (primary N) is 1. The van der Waals surface area contributed by atoms with Gasteiger partial charge < -0.3 is 15.4 Å². The summed E-state index contributed by atoms with van der Waals surface area (Å²) >= 11 is 0. The Morgan fingerprint density at radius 2 is 2.08 bits per heavy atom. The first-order chi connectivity index (χ1) is 6.29. The maximum absolute atomic E-state index is 5.64. The van der Waals surface area contributed by atoms with Crippen molar-refractivity contribution in [1.82, 2.24) is 9.97 Å². The second-order valence-corrected chi connectivity index (χ2v) is 3.09. The molecule has 70 valence electrons. The Morgan fingerprint density at radius 1 is 1.46 bits per heavy atom. The summed E-state index contributed by atoms with van der Waals surface area (Å²) in [4.78, 5) is 10.3. The zero-order valence-corrected chi connectivity index (χ0v) is 7.47. The molecule has 0 saturated carbocycles. The van der Waals surface area contributed by atoms with E-state index in [9.17, 15) is 0 Å². The number of nitrogens with zero attached hydrogens (tertiary/aromatic N) is 3. The molecule has 0 radical (unpaired) electrons. The summed E-state index contributed by atoms with van der Waals surface area (Å²) in [6.45, 7) is 1.68. The van der Waals surface area contributed by atoms with Crippen molar-refractivity contribution in [1.29, 1.82) is 0 Å². The van der Waals surface area contributed by atoms with Gasteiger partial charge in [-0.1, -0.05) is 0 Å². The zero-order chi connectivity index (χ0) is 9.26. The number of ether oxygens (including phenoxy) is 1. The Morgan fingerprint density at radius 3 is 2.54 bits per heavy atom. The molecule has 0 aliphatic carbocycles. The molecule has 13 heavy (non-hydrogen) atoms. The van der Waals surface area contributed by atoms with E-state index in [1.54, 1.807) is 19.5 Å². The van der Waals surface area contributed by atoms with Crippen LogP contribution in [0, 0.1) is 0 Å². The minimum atomic E-state index is 0.269. The van der Waals surface area contributed by atoms with Crippen LogP contribution in [0.2, 0.25) is 0 Å². The lowest BCUT2D eigenvalue weighted by molar-refractivity contribution is 0.410. The number of methoxy groups -OCH3 is 1. The average molecular weight is 180 g/mol. The lowest BCUT2D eigenvalue weighted by Crippen LogP contribution is -2.56. The van der Waals surface area contributed by atoms with E-state index in [2.05, 4.69) is 9.97 Å². The van der Waals surface area contributed by atoms with Gasteiger partial charge in [-0.3, -0.25) is 0 Å². The third kappa shape index (κ3) is 1.55. The fraction of sp³-hybridized carbons (Fsp3) is 0.500. The van der Waals surface area contributed by atoms with Crippen LogP contribution in [0.25, 0.3) is 0 Å². The van der Waals surface area contributed by atoms with Crippen LogP contribution in [-0.2, 0) is 0 Å². The highest BCUT2D eigenvalue weighted by atomic mass is 16.5. The Kier molecular flexibility index (Phi) is 2.02. The van der Waals surface area contributed by atoms with E-state index in [4.69, 9.17) is 10.5 Å². The standard InChI is InChI=1S/C8H12N4O/c1-13-7-2-10-8(11-3-7)12-4-6(9)5-12/h2-3,6H,4-5,9H2,1H3. The molecule has 2 rings (SSSR count). The Balaban J connectivity index is 2.06. The number of hydrogen-bond acceptors (Lipinski definition) is 5. The van der Waals surface area contributed by atoms with Crippen LogP contribution in [0.4, 0.5) is 5.95 Å². The van der Waals surface area contributed by atoms with Gasteiger partial charge in [0.2, 0.25) is 5.95 Å². The largest absolute Gasteiger partial charge is 0.494 e. The highest BCUT2D eigenvalue weighted by Gasteiger charge is 2.24. The Bertz CT molecular complexity index is 281. The van der Waals surface area contributed by atoms with E-state index < -0.39 is 0 Å². The molecule has 1 aliphatic heterocycles. The van der Waals surface area contributed by atoms with E-state index in [1.165, 1.54) is 0 Å². The number of hydrogen-bond donors (Lipinski definition) is 1. The summed E-state index contributed by atoms with van der Waals surface area (Å²) in [7, 11) is 1.60. The van der Waals surface area contributed by atoms with Crippen LogP contribution < -0.4 is 15.4 Å². The first kappa shape index (κ1) is 8.25. The summed E-state index contributed by atoms with van der Waals surface area (Å²) in [6, 6.07) is 0.269. The molecule has 1 aromatic rings. The quantitative estimate of drug-likeness (QED) is 0.673. The van der Waals surface area contributed by atoms with Crippen molar-refractivity contribution >= 4 is 5.95 Å². The minimum absolute atomic E-state index is 0.269. The predicted octanol–water partition coefficient (Wildman–Crippen LogP) is -0.368. The second kappa shape index (κ2) is 3.18. The topological polar surface area (TPSA) is 64.3 Å². The zero-order valence-electron chi connectivity index (χ0n) is 7.47. The predicted molar refractivity (Wildman–Crippen MR) is 48.8 cm³/mol. The van der Waals surface area contributed by atoms with E-state index >= 15 is 0 Å². The smallest absolute Gasteiger partial charge is 0.225 e. The van der Waals surface area contributed by atoms with Gasteiger partial charge in [0.15, 0.2) is 5.75 Å². The maximum Gasteiger partial charge on any atom is 0.225 e. The fourth-order valence-electron chi connectivity index (χ4n) is 1.25. The molecule has 5 heteroatoms. The van der Waals surface area contributed by atoms with E-state index in [1.807, 2.05) is 4.90 Å². The molecule has 0 spiro atoms. The van der Waals surface area contributed by atoms with Gasteiger partial charge in [0.1, 0.15) is 0 Å². The van der Waals surface area contributed by atoms with Crippen LogP contribution in [0.1, 0.15) is 0 Å². The van der Waals surface area contributed by atoms with Crippen LogP contribution >= 0.6 is 0 Å². The summed E-state index contributed by atoms with van der Waals surface area (Å²) in [5.74, 6) is 1.40. The Hall–Kier alpha value is -1.36. The van der Waals surface area contributed by atoms with Gasteiger partial charge in [0.05, 0.1) is 19.5 Å². The van der Waals surface area contributed by atoms with Crippen molar-refractivity contribution in [2.45, 2.75) is 6.04 Å². The molecule has 1 saturated heterocycles. The minimum Gasteiger partial charge on any atom is -0.494 e. The van der Waals surface area contributed by atoms with Gasteiger partial charge in [0.25, 0.3) is 0 Å². The molecule has 0 aromatic carbocycles. The molecule has 0 unspecified atom stereocenters. The molecule has 2 N–H and O–H groups in total. The van der Waals surface area contributed by atoms with Crippen molar-refractivity contribution in [3.05, 3.63) is 12.4 Å². The van der Waals surface area contributed by atoms with Crippen molar-refractivity contribution in [3.8, 4) is 5.75 Å². The number of anilines is 1. The summed E-state index contributed by atoms with van der Waals surface area (Å²) in [5, 5.41) is 0. The van der Waals surface area contributed by atoms with Gasteiger partial charge in [-0.05, 0) is 0 Å². The lowest BCUT2D eigenvalue weighted by Gasteiger charge is -2.36. The average Bonchev–Trinajstić information content (AvgIpc) is 2.13. The van der Waals surface area contributed by atoms with Gasteiger partial charge in [0, 0.05) is 19.1 Å². The lowest BCUT2D eigenvalue weighted by atomic mass is 10.1. The molecule has 5 nitrogen and oxygen atoms in total. The fourth-order valence-corrected chi connectivity index (χ4v) is 1.25. The third-order valence-corrected chi connectivity index (χ3v) is 2.04. The van der Waals surface area contributed by atoms with Crippen LogP contribution in [0.5, 0.6) is 5.75 Å². The first-order valence-electron chi connectivity index (χ1n) is 4.16. The Labute approximate surface area is 76.5 Å². The van der Waals surface area contributed by atoms with Crippen molar-refractivity contribution in [2.24, 2.45) is 5.73 Å². The number of rotatable bonds is 2. The van der Waals surface area contributed by atoms with Crippen molar-refractivity contribution < 1.29 is 4.74 Å². The van der Waals surface area contributed by atoms with E-state index in [-0.39, 0.29) is 6.04 Å². The SMILES string of the molecule is COc1cnc(N2CC(N)C2)nc1. The van der Waals surface area contributed by atoms with E-state index in [0.29, 0.717) is 5.75 Å². The highest BCUT2D eigenvalue weighted by molar-refractivity contribution is 5.35. The van der Waals surface area contributed by atoms with Crippen LogP contribution in [-0.4, -0.2) is 36.2 Å². The van der Waals surface area contributed by atoms with Crippen LogP contribution in [0.15, 0.2) is 12.4 Å². The summed E-state index contributed by atoms with van der Waals surface area (Å²) in [6.07, 6.45) is 3.32. The molecule has 0 atom stereocenters. The first-order valence-corrected chi connectivity index (χ1v) is 4.16. The van der Waals surface area contributed by atoms with Gasteiger partial charge in [-0.2, -0.15) is 0 Å². The monoisotopic (exact) mass is 180 g/mol. The molecule has 0 bridgehead atoms. The third-order valence-electron chi connectivity index (χ3n) is 2.04. The summed E-state index contributed by atoms with van der Waals surface area (Å²) in [5.41, 5.74) is 5.64. The number of aromatic nitrogens is 2. The normalized spacial score (nSPS) is 16.9. The van der Waals surface area contributed by atoms with Crippen molar-refractivity contribution in [2.75, 3.05) is 25.1 Å². The second-order valence-electron chi connectivity index (χ2n) is 3.09. The summed E-state index contributed by atoms with van der Waals surface area (Å²) < 4.78 is 4.95. The molecule has 0 amide bonds. The maximum atomic E-state index is 5.64. The van der Waals surface area contributed by atoms with Crippen LogP contribution in [0.3, 0.4) is 0 Å². The molecular weight excluding hydrogens is 168 g/mol. The van der Waals surface area contributed by atoms with Crippen molar-refractivity contribution in [3.63, 3.8) is 0 Å².